The molecule has 5 heteroatoms. The second-order valence-corrected chi connectivity index (χ2v) is 4.23. The predicted molar refractivity (Wildman–Crippen MR) is 66.1 cm³/mol. The quantitative estimate of drug-likeness (QED) is 0.867. The van der Waals surface area contributed by atoms with Crippen LogP contribution in [0, 0.1) is 0 Å². The van der Waals surface area contributed by atoms with Crippen molar-refractivity contribution in [3.05, 3.63) is 23.8 Å². The molecule has 0 radical (unpaired) electrons. The van der Waals surface area contributed by atoms with Crippen LogP contribution in [0.5, 0.6) is 11.5 Å². The summed E-state index contributed by atoms with van der Waals surface area (Å²) in [4.78, 5) is 14.0. The highest BCUT2D eigenvalue weighted by molar-refractivity contribution is 5.99. The van der Waals surface area contributed by atoms with E-state index in [4.69, 9.17) is 9.47 Å². The van der Waals surface area contributed by atoms with E-state index < -0.39 is 6.10 Å². The minimum absolute atomic E-state index is 0.166. The number of aliphatic hydroxyl groups is 1. The summed E-state index contributed by atoms with van der Waals surface area (Å²) < 4.78 is 10.4. The Bertz CT molecular complexity index is 424. The number of amides is 1. The van der Waals surface area contributed by atoms with Gasteiger partial charge in [0.1, 0.15) is 17.1 Å². The number of hydrogen-bond donors (Lipinski definition) is 1. The predicted octanol–water partition coefficient (Wildman–Crippen LogP) is 0.911. The van der Waals surface area contributed by atoms with Crippen molar-refractivity contribution in [2.24, 2.45) is 0 Å². The standard InChI is InChI=1S/C13H17NO4/c1-17-10-4-3-5-11(18-2)12(10)13(16)14-7-6-9(15)8-14/h3-5,9,15H,6-8H2,1-2H3. The molecule has 0 saturated carbocycles. The molecule has 2 rings (SSSR count). The first-order chi connectivity index (χ1) is 8.67. The van der Waals surface area contributed by atoms with Crippen molar-refractivity contribution in [2.75, 3.05) is 27.3 Å². The van der Waals surface area contributed by atoms with E-state index in [0.29, 0.717) is 36.6 Å². The maximum atomic E-state index is 12.4. The molecule has 18 heavy (non-hydrogen) atoms. The van der Waals surface area contributed by atoms with Gasteiger partial charge >= 0.3 is 0 Å². The Hall–Kier alpha value is -1.75. The molecular weight excluding hydrogens is 234 g/mol. The topological polar surface area (TPSA) is 59.0 Å². The number of hydrogen-bond acceptors (Lipinski definition) is 4. The van der Waals surface area contributed by atoms with Gasteiger partial charge in [0.25, 0.3) is 5.91 Å². The maximum Gasteiger partial charge on any atom is 0.261 e. The molecule has 0 bridgehead atoms. The molecule has 1 N–H and O–H groups in total. The Morgan fingerprint density at radius 1 is 1.33 bits per heavy atom. The number of nitrogens with zero attached hydrogens (tertiary/aromatic N) is 1. The van der Waals surface area contributed by atoms with Gasteiger partial charge in [-0.05, 0) is 18.6 Å². The number of methoxy groups -OCH3 is 2. The van der Waals surface area contributed by atoms with Crippen LogP contribution in [0.25, 0.3) is 0 Å². The molecule has 1 saturated heterocycles. The first-order valence-corrected chi connectivity index (χ1v) is 5.85. The van der Waals surface area contributed by atoms with Gasteiger partial charge in [0.15, 0.2) is 0 Å². The van der Waals surface area contributed by atoms with E-state index in [0.717, 1.165) is 0 Å². The van der Waals surface area contributed by atoms with Gasteiger partial charge in [-0.2, -0.15) is 0 Å². The summed E-state index contributed by atoms with van der Waals surface area (Å²) in [6.07, 6.45) is 0.179. The first kappa shape index (κ1) is 12.7. The number of likely N-dealkylation sites (tertiary alicyclic amines) is 1. The third kappa shape index (κ3) is 2.26. The van der Waals surface area contributed by atoms with Crippen molar-refractivity contribution in [1.29, 1.82) is 0 Å². The van der Waals surface area contributed by atoms with Crippen molar-refractivity contribution in [3.63, 3.8) is 0 Å². The van der Waals surface area contributed by atoms with Crippen LogP contribution in [-0.2, 0) is 0 Å². The highest BCUT2D eigenvalue weighted by atomic mass is 16.5. The van der Waals surface area contributed by atoms with E-state index in [-0.39, 0.29) is 5.91 Å². The van der Waals surface area contributed by atoms with Crippen molar-refractivity contribution in [3.8, 4) is 11.5 Å². The van der Waals surface area contributed by atoms with E-state index in [1.165, 1.54) is 14.2 Å². The summed E-state index contributed by atoms with van der Waals surface area (Å²) in [7, 11) is 3.04. The maximum absolute atomic E-state index is 12.4. The van der Waals surface area contributed by atoms with Crippen molar-refractivity contribution < 1.29 is 19.4 Å². The number of benzene rings is 1. The van der Waals surface area contributed by atoms with Gasteiger partial charge in [-0.15, -0.1) is 0 Å². The van der Waals surface area contributed by atoms with Crippen molar-refractivity contribution in [1.82, 2.24) is 4.90 Å². The van der Waals surface area contributed by atoms with Crippen LogP contribution in [0.4, 0.5) is 0 Å². The normalized spacial score (nSPS) is 18.8. The molecule has 1 unspecified atom stereocenters. The summed E-state index contributed by atoms with van der Waals surface area (Å²) in [5.41, 5.74) is 0.414. The van der Waals surface area contributed by atoms with Crippen LogP contribution in [0.1, 0.15) is 16.8 Å². The fourth-order valence-electron chi connectivity index (χ4n) is 2.15. The lowest BCUT2D eigenvalue weighted by atomic mass is 10.1. The van der Waals surface area contributed by atoms with Crippen molar-refractivity contribution in [2.45, 2.75) is 12.5 Å². The Kier molecular flexibility index (Phi) is 3.72. The number of aliphatic hydroxyl groups excluding tert-OH is 1. The minimum Gasteiger partial charge on any atom is -0.496 e. The Balaban J connectivity index is 2.34. The molecule has 0 aliphatic carbocycles. The SMILES string of the molecule is COc1cccc(OC)c1C(=O)N1CCC(O)C1. The lowest BCUT2D eigenvalue weighted by Gasteiger charge is -2.19. The number of ether oxygens (including phenoxy) is 2. The second-order valence-electron chi connectivity index (χ2n) is 4.23. The number of carbonyl (C=O) groups excluding carboxylic acids is 1. The van der Waals surface area contributed by atoms with Crippen LogP contribution >= 0.6 is 0 Å². The summed E-state index contributed by atoms with van der Waals surface area (Å²) in [5.74, 6) is 0.808. The van der Waals surface area contributed by atoms with E-state index in [9.17, 15) is 9.90 Å². The molecule has 1 aromatic carbocycles. The van der Waals surface area contributed by atoms with Crippen molar-refractivity contribution >= 4 is 5.91 Å². The molecule has 1 atom stereocenters. The van der Waals surface area contributed by atoms with Crippen LogP contribution in [-0.4, -0.2) is 49.3 Å². The zero-order valence-corrected chi connectivity index (χ0v) is 10.5. The molecule has 0 spiro atoms. The molecule has 1 aromatic rings. The lowest BCUT2D eigenvalue weighted by molar-refractivity contribution is 0.0758. The summed E-state index contributed by atoms with van der Waals surface area (Å²) in [6, 6.07) is 5.22. The van der Waals surface area contributed by atoms with Gasteiger partial charge in [0.05, 0.1) is 20.3 Å². The first-order valence-electron chi connectivity index (χ1n) is 5.85. The van der Waals surface area contributed by atoms with Gasteiger partial charge < -0.3 is 19.5 Å². The minimum atomic E-state index is -0.436. The summed E-state index contributed by atoms with van der Waals surface area (Å²) in [5, 5.41) is 9.49. The smallest absolute Gasteiger partial charge is 0.261 e. The fourth-order valence-corrected chi connectivity index (χ4v) is 2.15. The molecule has 1 aliphatic heterocycles. The summed E-state index contributed by atoms with van der Waals surface area (Å²) >= 11 is 0. The van der Waals surface area contributed by atoms with Gasteiger partial charge in [-0.1, -0.05) is 6.07 Å². The third-order valence-corrected chi connectivity index (χ3v) is 3.09. The molecule has 0 aromatic heterocycles. The van der Waals surface area contributed by atoms with E-state index in [1.807, 2.05) is 0 Å². The van der Waals surface area contributed by atoms with E-state index in [1.54, 1.807) is 23.1 Å². The molecular formula is C13H17NO4. The highest BCUT2D eigenvalue weighted by Crippen LogP contribution is 2.30. The number of β-amino-alcohol motifs (C(OH)–C–C–N with tert-alkyl or cyclic N) is 1. The average Bonchev–Trinajstić information content (AvgIpc) is 2.83. The zero-order chi connectivity index (χ0) is 13.1. The zero-order valence-electron chi connectivity index (χ0n) is 10.5. The Morgan fingerprint density at radius 2 is 1.94 bits per heavy atom. The second kappa shape index (κ2) is 5.27. The monoisotopic (exact) mass is 251 g/mol. The van der Waals surface area contributed by atoms with Crippen LogP contribution in [0.15, 0.2) is 18.2 Å². The molecule has 1 fully saturated rings. The highest BCUT2D eigenvalue weighted by Gasteiger charge is 2.29. The van der Waals surface area contributed by atoms with Gasteiger partial charge in [-0.3, -0.25) is 4.79 Å². The number of carbonyl (C=O) groups is 1. The van der Waals surface area contributed by atoms with Crippen LogP contribution < -0.4 is 9.47 Å². The van der Waals surface area contributed by atoms with Gasteiger partial charge in [0.2, 0.25) is 0 Å². The third-order valence-electron chi connectivity index (χ3n) is 3.09. The van der Waals surface area contributed by atoms with Crippen LogP contribution in [0.3, 0.4) is 0 Å². The fraction of sp³-hybridized carbons (Fsp3) is 0.462. The average molecular weight is 251 g/mol. The molecule has 98 valence electrons. The number of rotatable bonds is 3. The van der Waals surface area contributed by atoms with E-state index >= 15 is 0 Å². The molecule has 1 amide bonds. The molecule has 1 heterocycles. The summed E-state index contributed by atoms with van der Waals surface area (Å²) in [6.45, 7) is 0.918. The van der Waals surface area contributed by atoms with Gasteiger partial charge in [-0.25, -0.2) is 0 Å². The van der Waals surface area contributed by atoms with Crippen LogP contribution in [0.2, 0.25) is 0 Å². The van der Waals surface area contributed by atoms with E-state index in [2.05, 4.69) is 0 Å². The van der Waals surface area contributed by atoms with Gasteiger partial charge in [0, 0.05) is 13.1 Å². The lowest BCUT2D eigenvalue weighted by Crippen LogP contribution is -2.30. The Morgan fingerprint density at radius 3 is 2.39 bits per heavy atom. The molecule has 5 nitrogen and oxygen atoms in total. The Labute approximate surface area is 106 Å². The molecule has 1 aliphatic rings. The largest absolute Gasteiger partial charge is 0.496 e.